The third-order valence-electron chi connectivity index (χ3n) is 5.30. The van der Waals surface area contributed by atoms with Gasteiger partial charge in [0, 0.05) is 24.7 Å². The highest BCUT2D eigenvalue weighted by atomic mass is 16.3. The van der Waals surface area contributed by atoms with Crippen LogP contribution in [0.5, 0.6) is 5.75 Å². The zero-order valence-electron chi connectivity index (χ0n) is 13.5. The highest BCUT2D eigenvalue weighted by Gasteiger charge is 2.34. The number of fused-ring (bicyclic) bond motifs is 1. The number of hydrogen-bond donors (Lipinski definition) is 2. The molecule has 2 heterocycles. The fourth-order valence-electron chi connectivity index (χ4n) is 3.98. The highest BCUT2D eigenvalue weighted by molar-refractivity contribution is 5.97. The summed E-state index contributed by atoms with van der Waals surface area (Å²) in [5, 5.41) is 13.2. The molecule has 0 bridgehead atoms. The van der Waals surface area contributed by atoms with E-state index >= 15 is 0 Å². The zero-order chi connectivity index (χ0) is 15.7. The van der Waals surface area contributed by atoms with E-state index in [1.54, 1.807) is 6.07 Å². The van der Waals surface area contributed by atoms with E-state index in [-0.39, 0.29) is 17.7 Å². The van der Waals surface area contributed by atoms with Gasteiger partial charge in [-0.2, -0.15) is 0 Å². The Hall–Kier alpha value is -1.55. The number of carbonyl (C=O) groups excluding carboxylic acids is 1. The monoisotopic (exact) mass is 302 g/mol. The Balaban J connectivity index is 1.64. The second-order valence-corrected chi connectivity index (χ2v) is 6.84. The molecule has 0 aromatic heterocycles. The first-order chi connectivity index (χ1) is 10.6. The van der Waals surface area contributed by atoms with Crippen LogP contribution in [0, 0.1) is 6.92 Å². The maximum absolute atomic E-state index is 12.4. The van der Waals surface area contributed by atoms with Gasteiger partial charge in [0.1, 0.15) is 5.75 Å². The number of para-hydroxylation sites is 1. The molecule has 22 heavy (non-hydrogen) atoms. The van der Waals surface area contributed by atoms with Crippen molar-refractivity contribution in [2.75, 3.05) is 6.54 Å². The molecule has 3 atom stereocenters. The van der Waals surface area contributed by atoms with Crippen molar-refractivity contribution in [3.05, 3.63) is 29.3 Å². The first-order valence-corrected chi connectivity index (χ1v) is 8.41. The molecular weight excluding hydrogens is 276 g/mol. The van der Waals surface area contributed by atoms with E-state index in [0.29, 0.717) is 17.6 Å². The van der Waals surface area contributed by atoms with Crippen LogP contribution in [-0.4, -0.2) is 40.6 Å². The van der Waals surface area contributed by atoms with Gasteiger partial charge in [-0.05, 0) is 51.2 Å². The molecule has 0 spiro atoms. The molecule has 0 unspecified atom stereocenters. The van der Waals surface area contributed by atoms with Crippen LogP contribution in [-0.2, 0) is 0 Å². The van der Waals surface area contributed by atoms with Crippen LogP contribution < -0.4 is 5.32 Å². The van der Waals surface area contributed by atoms with Crippen LogP contribution >= 0.6 is 0 Å². The molecule has 0 saturated carbocycles. The second-order valence-electron chi connectivity index (χ2n) is 6.84. The average molecular weight is 302 g/mol. The van der Waals surface area contributed by atoms with Crippen molar-refractivity contribution in [3.8, 4) is 5.75 Å². The Kier molecular flexibility index (Phi) is 4.39. The number of nitrogens with one attached hydrogen (secondary N) is 1. The van der Waals surface area contributed by atoms with Crippen LogP contribution in [0.4, 0.5) is 0 Å². The van der Waals surface area contributed by atoms with Gasteiger partial charge in [0.2, 0.25) is 0 Å². The normalized spacial score (nSPS) is 28.9. The van der Waals surface area contributed by atoms with Gasteiger partial charge in [-0.1, -0.05) is 18.6 Å². The van der Waals surface area contributed by atoms with E-state index in [1.165, 1.54) is 19.3 Å². The first-order valence-electron chi connectivity index (χ1n) is 8.41. The lowest BCUT2D eigenvalue weighted by Crippen LogP contribution is -2.54. The van der Waals surface area contributed by atoms with E-state index < -0.39 is 0 Å². The maximum Gasteiger partial charge on any atom is 0.255 e. The van der Waals surface area contributed by atoms with Gasteiger partial charge in [-0.25, -0.2) is 0 Å². The van der Waals surface area contributed by atoms with Crippen molar-refractivity contribution in [2.24, 2.45) is 0 Å². The summed E-state index contributed by atoms with van der Waals surface area (Å²) in [6.45, 7) is 5.19. The van der Waals surface area contributed by atoms with Crippen molar-refractivity contribution >= 4 is 5.91 Å². The van der Waals surface area contributed by atoms with E-state index in [2.05, 4.69) is 17.1 Å². The van der Waals surface area contributed by atoms with Crippen molar-refractivity contribution in [2.45, 2.75) is 64.1 Å². The number of benzene rings is 1. The smallest absolute Gasteiger partial charge is 0.255 e. The van der Waals surface area contributed by atoms with Crippen LogP contribution in [0.25, 0.3) is 0 Å². The summed E-state index contributed by atoms with van der Waals surface area (Å²) in [6, 6.07) is 6.82. The molecule has 120 valence electrons. The third-order valence-corrected chi connectivity index (χ3v) is 5.30. The summed E-state index contributed by atoms with van der Waals surface area (Å²) in [7, 11) is 0. The van der Waals surface area contributed by atoms with Gasteiger partial charge in [0.25, 0.3) is 5.91 Å². The largest absolute Gasteiger partial charge is 0.507 e. The Morgan fingerprint density at radius 1 is 1.32 bits per heavy atom. The fraction of sp³-hybridized carbons (Fsp3) is 0.611. The number of carbonyl (C=O) groups is 1. The van der Waals surface area contributed by atoms with Gasteiger partial charge in [0.15, 0.2) is 0 Å². The fourth-order valence-corrected chi connectivity index (χ4v) is 3.98. The lowest BCUT2D eigenvalue weighted by atomic mass is 9.87. The summed E-state index contributed by atoms with van der Waals surface area (Å²) in [5.41, 5.74) is 1.13. The van der Waals surface area contributed by atoms with E-state index in [1.807, 2.05) is 19.1 Å². The van der Waals surface area contributed by atoms with Crippen molar-refractivity contribution in [1.29, 1.82) is 0 Å². The Morgan fingerprint density at radius 2 is 2.14 bits per heavy atom. The van der Waals surface area contributed by atoms with E-state index in [9.17, 15) is 9.90 Å². The molecule has 1 aromatic rings. The predicted molar refractivity (Wildman–Crippen MR) is 87.1 cm³/mol. The average Bonchev–Trinajstić information content (AvgIpc) is 2.50. The molecule has 4 heteroatoms. The molecule has 1 amide bonds. The quantitative estimate of drug-likeness (QED) is 0.883. The maximum atomic E-state index is 12.4. The van der Waals surface area contributed by atoms with Crippen LogP contribution in [0.15, 0.2) is 18.2 Å². The van der Waals surface area contributed by atoms with Gasteiger partial charge in [0.05, 0.1) is 5.56 Å². The SMILES string of the molecule is Cc1cccc(C(=O)N[C@H]2CCN3[C@H](CCC[C@H]3C)C2)c1O. The van der Waals surface area contributed by atoms with Crippen molar-refractivity contribution in [1.82, 2.24) is 10.2 Å². The minimum absolute atomic E-state index is 0.101. The molecule has 2 aliphatic heterocycles. The lowest BCUT2D eigenvalue weighted by Gasteiger charge is -2.46. The molecule has 3 rings (SSSR count). The third kappa shape index (κ3) is 2.98. The Bertz CT molecular complexity index is 558. The topological polar surface area (TPSA) is 52.6 Å². The lowest BCUT2D eigenvalue weighted by molar-refractivity contribution is 0.0457. The Labute approximate surface area is 132 Å². The molecule has 2 aliphatic rings. The van der Waals surface area contributed by atoms with Crippen LogP contribution in [0.3, 0.4) is 0 Å². The molecule has 0 aliphatic carbocycles. The number of phenols is 1. The number of amides is 1. The minimum atomic E-state index is -0.150. The van der Waals surface area contributed by atoms with Gasteiger partial charge in [-0.15, -0.1) is 0 Å². The molecule has 2 N–H and O–H groups in total. The van der Waals surface area contributed by atoms with Gasteiger partial charge in [-0.3, -0.25) is 9.69 Å². The number of piperidine rings is 2. The summed E-state index contributed by atoms with van der Waals surface area (Å²) in [5.74, 6) is -0.0489. The number of nitrogens with zero attached hydrogens (tertiary/aromatic N) is 1. The number of hydrogen-bond acceptors (Lipinski definition) is 3. The minimum Gasteiger partial charge on any atom is -0.507 e. The number of aryl methyl sites for hydroxylation is 1. The molecular formula is C18H26N2O2. The molecule has 0 radical (unpaired) electrons. The van der Waals surface area contributed by atoms with Crippen molar-refractivity contribution in [3.63, 3.8) is 0 Å². The molecule has 4 nitrogen and oxygen atoms in total. The molecule has 1 aromatic carbocycles. The second kappa shape index (κ2) is 6.29. The molecule has 2 saturated heterocycles. The number of aromatic hydroxyl groups is 1. The van der Waals surface area contributed by atoms with E-state index in [0.717, 1.165) is 24.9 Å². The van der Waals surface area contributed by atoms with Crippen LogP contribution in [0.2, 0.25) is 0 Å². The first kappa shape index (κ1) is 15.3. The molecule has 2 fully saturated rings. The zero-order valence-corrected chi connectivity index (χ0v) is 13.5. The highest BCUT2D eigenvalue weighted by Crippen LogP contribution is 2.30. The van der Waals surface area contributed by atoms with Crippen molar-refractivity contribution < 1.29 is 9.90 Å². The van der Waals surface area contributed by atoms with Gasteiger partial charge < -0.3 is 10.4 Å². The van der Waals surface area contributed by atoms with Crippen LogP contribution in [0.1, 0.15) is 54.9 Å². The van der Waals surface area contributed by atoms with Gasteiger partial charge >= 0.3 is 0 Å². The Morgan fingerprint density at radius 3 is 2.95 bits per heavy atom. The number of rotatable bonds is 2. The standard InChI is InChI=1S/C18H26N2O2/c1-12-5-3-8-16(17(12)21)18(22)19-14-9-10-20-13(2)6-4-7-15(20)11-14/h3,5,8,13-15,21H,4,6-7,9-11H2,1-2H3,(H,19,22)/t13-,14+,15-/m1/s1. The summed E-state index contributed by atoms with van der Waals surface area (Å²) in [4.78, 5) is 15.0. The predicted octanol–water partition coefficient (Wildman–Crippen LogP) is 2.84. The summed E-state index contributed by atoms with van der Waals surface area (Å²) < 4.78 is 0. The summed E-state index contributed by atoms with van der Waals surface area (Å²) >= 11 is 0. The summed E-state index contributed by atoms with van der Waals surface area (Å²) in [6.07, 6.45) is 5.86. The number of phenolic OH excluding ortho intramolecular Hbond substituents is 1. The van der Waals surface area contributed by atoms with E-state index in [4.69, 9.17) is 0 Å².